The molecule has 0 aliphatic heterocycles. The summed E-state index contributed by atoms with van der Waals surface area (Å²) in [5.74, 6) is 0.666. The summed E-state index contributed by atoms with van der Waals surface area (Å²) in [4.78, 5) is 15.6. The van der Waals surface area contributed by atoms with Gasteiger partial charge in [-0.25, -0.2) is 0 Å². The van der Waals surface area contributed by atoms with Crippen LogP contribution in [0, 0.1) is 5.92 Å². The van der Waals surface area contributed by atoms with E-state index in [2.05, 4.69) is 29.5 Å². The van der Waals surface area contributed by atoms with Crippen LogP contribution in [0.4, 0.5) is 0 Å². The smallest absolute Gasteiger partial charge is 0.233 e. The van der Waals surface area contributed by atoms with Crippen LogP contribution >= 0.6 is 0 Å². The first-order valence-corrected chi connectivity index (χ1v) is 6.49. The number of hydrogen-bond donors (Lipinski definition) is 2. The molecule has 0 aliphatic carbocycles. The lowest BCUT2D eigenvalue weighted by Crippen LogP contribution is -2.35. The average molecular weight is 249 g/mol. The molecule has 0 spiro atoms. The minimum Gasteiger partial charge on any atom is -0.355 e. The average Bonchev–Trinajstić information content (AvgIpc) is 2.36. The lowest BCUT2D eigenvalue weighted by molar-refractivity contribution is -0.120. The van der Waals surface area contributed by atoms with Crippen molar-refractivity contribution in [2.45, 2.75) is 33.2 Å². The van der Waals surface area contributed by atoms with Crippen LogP contribution in [0.25, 0.3) is 0 Å². The molecule has 4 heteroatoms. The van der Waals surface area contributed by atoms with Crippen molar-refractivity contribution in [3.8, 4) is 0 Å². The molecule has 0 aliphatic rings. The molecule has 100 valence electrons. The van der Waals surface area contributed by atoms with Gasteiger partial charge in [-0.05, 0) is 30.9 Å². The van der Waals surface area contributed by atoms with E-state index in [0.29, 0.717) is 12.5 Å². The van der Waals surface area contributed by atoms with E-state index in [-0.39, 0.29) is 11.9 Å². The number of pyridine rings is 1. The first-order valence-electron chi connectivity index (χ1n) is 6.49. The van der Waals surface area contributed by atoms with Gasteiger partial charge in [0.25, 0.3) is 0 Å². The van der Waals surface area contributed by atoms with E-state index in [1.54, 1.807) is 6.20 Å². The number of carbonyl (C=O) groups excluding carboxylic acids is 1. The number of nitrogens with one attached hydrogen (secondary N) is 2. The van der Waals surface area contributed by atoms with Crippen LogP contribution in [-0.4, -0.2) is 24.0 Å². The Morgan fingerprint density at radius 2 is 2.17 bits per heavy atom. The van der Waals surface area contributed by atoms with E-state index in [1.165, 1.54) is 0 Å². The van der Waals surface area contributed by atoms with E-state index >= 15 is 0 Å². The van der Waals surface area contributed by atoms with Crippen molar-refractivity contribution in [1.29, 1.82) is 0 Å². The van der Waals surface area contributed by atoms with Crippen LogP contribution in [-0.2, 0) is 4.79 Å². The van der Waals surface area contributed by atoms with Gasteiger partial charge in [0.15, 0.2) is 0 Å². The number of nitrogens with zero attached hydrogens (tertiary/aromatic N) is 1. The number of amides is 1. The second-order valence-corrected chi connectivity index (χ2v) is 4.92. The second kappa shape index (κ2) is 7.82. The van der Waals surface area contributed by atoms with Gasteiger partial charge in [-0.3, -0.25) is 9.78 Å². The Kier molecular flexibility index (Phi) is 6.36. The summed E-state index contributed by atoms with van der Waals surface area (Å²) >= 11 is 0. The van der Waals surface area contributed by atoms with Crippen LogP contribution in [0.5, 0.6) is 0 Å². The molecule has 1 rings (SSSR count). The Balaban J connectivity index is 2.22. The van der Waals surface area contributed by atoms with Gasteiger partial charge in [0.05, 0.1) is 6.54 Å². The number of aromatic nitrogens is 1. The van der Waals surface area contributed by atoms with Gasteiger partial charge in [0.1, 0.15) is 0 Å². The molecule has 1 aromatic rings. The van der Waals surface area contributed by atoms with Gasteiger partial charge in [0.2, 0.25) is 5.91 Å². The van der Waals surface area contributed by atoms with Crippen molar-refractivity contribution >= 4 is 5.91 Å². The van der Waals surface area contributed by atoms with Gasteiger partial charge in [-0.2, -0.15) is 0 Å². The van der Waals surface area contributed by atoms with Gasteiger partial charge in [-0.1, -0.05) is 19.9 Å². The lowest BCUT2D eigenvalue weighted by Gasteiger charge is -2.14. The Morgan fingerprint density at radius 1 is 1.39 bits per heavy atom. The van der Waals surface area contributed by atoms with Gasteiger partial charge >= 0.3 is 0 Å². The van der Waals surface area contributed by atoms with Crippen molar-refractivity contribution in [2.75, 3.05) is 13.1 Å². The quantitative estimate of drug-likeness (QED) is 0.776. The van der Waals surface area contributed by atoms with Crippen molar-refractivity contribution < 1.29 is 4.79 Å². The third-order valence-corrected chi connectivity index (χ3v) is 2.80. The highest BCUT2D eigenvalue weighted by Gasteiger charge is 2.07. The number of hydrogen-bond acceptors (Lipinski definition) is 3. The Hall–Kier alpha value is -1.42. The molecule has 1 amide bonds. The third-order valence-electron chi connectivity index (χ3n) is 2.80. The molecular formula is C14H23N3O. The highest BCUT2D eigenvalue weighted by atomic mass is 16.1. The molecule has 0 saturated carbocycles. The van der Waals surface area contributed by atoms with Crippen LogP contribution in [0.3, 0.4) is 0 Å². The summed E-state index contributed by atoms with van der Waals surface area (Å²) in [6.07, 6.45) is 4.58. The zero-order chi connectivity index (χ0) is 13.4. The molecule has 0 aromatic carbocycles. The number of carbonyl (C=O) groups is 1. The Bertz CT molecular complexity index is 351. The highest BCUT2D eigenvalue weighted by molar-refractivity contribution is 5.77. The Labute approximate surface area is 109 Å². The van der Waals surface area contributed by atoms with Crippen LogP contribution in [0.15, 0.2) is 24.5 Å². The first-order chi connectivity index (χ1) is 8.59. The molecular weight excluding hydrogens is 226 g/mol. The Morgan fingerprint density at radius 3 is 2.78 bits per heavy atom. The molecule has 1 atom stereocenters. The lowest BCUT2D eigenvalue weighted by atomic mass is 10.1. The SMILES string of the molecule is CC(C)CCNC(=O)CN[C@H](C)c1cccnc1. The summed E-state index contributed by atoms with van der Waals surface area (Å²) in [6, 6.07) is 4.03. The van der Waals surface area contributed by atoms with Crippen LogP contribution in [0.2, 0.25) is 0 Å². The van der Waals surface area contributed by atoms with Gasteiger partial charge < -0.3 is 10.6 Å². The van der Waals surface area contributed by atoms with E-state index in [4.69, 9.17) is 0 Å². The minimum absolute atomic E-state index is 0.0476. The van der Waals surface area contributed by atoms with Crippen molar-refractivity contribution in [3.63, 3.8) is 0 Å². The maximum absolute atomic E-state index is 11.6. The standard InChI is InChI=1S/C14H23N3O/c1-11(2)6-8-16-14(18)10-17-12(3)13-5-4-7-15-9-13/h4-5,7,9,11-12,17H,6,8,10H2,1-3H3,(H,16,18)/t12-/m1/s1. The van der Waals surface area contributed by atoms with E-state index in [0.717, 1.165) is 18.5 Å². The van der Waals surface area contributed by atoms with E-state index in [9.17, 15) is 4.79 Å². The predicted molar refractivity (Wildman–Crippen MR) is 73.1 cm³/mol. The maximum atomic E-state index is 11.6. The molecule has 2 N–H and O–H groups in total. The fraction of sp³-hybridized carbons (Fsp3) is 0.571. The van der Waals surface area contributed by atoms with Crippen LogP contribution < -0.4 is 10.6 Å². The summed E-state index contributed by atoms with van der Waals surface area (Å²) in [6.45, 7) is 7.41. The molecule has 4 nitrogen and oxygen atoms in total. The maximum Gasteiger partial charge on any atom is 0.233 e. The fourth-order valence-electron chi connectivity index (χ4n) is 1.56. The van der Waals surface area contributed by atoms with Gasteiger partial charge in [-0.15, -0.1) is 0 Å². The normalized spacial score (nSPS) is 12.4. The van der Waals surface area contributed by atoms with Crippen molar-refractivity contribution in [1.82, 2.24) is 15.6 Å². The van der Waals surface area contributed by atoms with Gasteiger partial charge in [0, 0.05) is 25.0 Å². The monoisotopic (exact) mass is 249 g/mol. The molecule has 0 saturated heterocycles. The fourth-order valence-corrected chi connectivity index (χ4v) is 1.56. The zero-order valence-corrected chi connectivity index (χ0v) is 11.4. The molecule has 0 bridgehead atoms. The molecule has 0 unspecified atom stereocenters. The zero-order valence-electron chi connectivity index (χ0n) is 11.4. The summed E-state index contributed by atoms with van der Waals surface area (Å²) < 4.78 is 0. The predicted octanol–water partition coefficient (Wildman–Crippen LogP) is 1.89. The topological polar surface area (TPSA) is 54.0 Å². The molecule has 0 fully saturated rings. The molecule has 1 aromatic heterocycles. The molecule has 18 heavy (non-hydrogen) atoms. The van der Waals surface area contributed by atoms with E-state index in [1.807, 2.05) is 25.3 Å². The number of rotatable bonds is 7. The van der Waals surface area contributed by atoms with Crippen molar-refractivity contribution in [3.05, 3.63) is 30.1 Å². The largest absolute Gasteiger partial charge is 0.355 e. The first kappa shape index (κ1) is 14.6. The second-order valence-electron chi connectivity index (χ2n) is 4.92. The van der Waals surface area contributed by atoms with Crippen molar-refractivity contribution in [2.24, 2.45) is 5.92 Å². The minimum atomic E-state index is 0.0476. The summed E-state index contributed by atoms with van der Waals surface area (Å²) in [7, 11) is 0. The van der Waals surface area contributed by atoms with Crippen LogP contribution in [0.1, 0.15) is 38.8 Å². The van der Waals surface area contributed by atoms with E-state index < -0.39 is 0 Å². The molecule has 0 radical (unpaired) electrons. The molecule has 1 heterocycles. The summed E-state index contributed by atoms with van der Waals surface area (Å²) in [5, 5.41) is 6.09. The third kappa shape index (κ3) is 5.77. The summed E-state index contributed by atoms with van der Waals surface area (Å²) in [5.41, 5.74) is 1.09. The highest BCUT2D eigenvalue weighted by Crippen LogP contribution is 2.08.